The molecule has 2 aromatic heterocycles. The zero-order valence-electron chi connectivity index (χ0n) is 18.5. The number of amides is 1. The number of carbonyl (C=O) groups excluding carboxylic acids is 2. The number of pyridine rings is 1. The van der Waals surface area contributed by atoms with E-state index in [-0.39, 0.29) is 52.4 Å². The molecule has 1 amide bonds. The Morgan fingerprint density at radius 3 is 2.64 bits per heavy atom. The number of halogens is 4. The van der Waals surface area contributed by atoms with Gasteiger partial charge in [-0.2, -0.15) is 13.2 Å². The van der Waals surface area contributed by atoms with Gasteiger partial charge < -0.3 is 4.90 Å². The quantitative estimate of drug-likeness (QED) is 0.586. The molecule has 178 valence electrons. The Morgan fingerprint density at radius 2 is 2.00 bits per heavy atom. The number of carbonyl (C=O) groups is 2. The van der Waals surface area contributed by atoms with E-state index in [4.69, 9.17) is 11.6 Å². The number of Topliss-reactive ketones (excluding diaryl/α,β-unsaturated/α-hetero) is 1. The monoisotopic (exact) mass is 483 g/mol. The molecule has 2 aromatic rings. The first-order valence-electron chi connectivity index (χ1n) is 10.6. The molecule has 11 heteroatoms. The summed E-state index contributed by atoms with van der Waals surface area (Å²) in [5.41, 5.74) is -0.137. The summed E-state index contributed by atoms with van der Waals surface area (Å²) in [5, 5.41) is 2.53. The van der Waals surface area contributed by atoms with E-state index in [1.54, 1.807) is 26.8 Å². The molecule has 0 bridgehead atoms. The van der Waals surface area contributed by atoms with Crippen molar-refractivity contribution in [2.24, 2.45) is 11.8 Å². The molecule has 0 aromatic carbocycles. The number of nitrogens with zero attached hydrogens (tertiary/aromatic N) is 4. The number of aromatic nitrogens is 3. The molecule has 33 heavy (non-hydrogen) atoms. The average molecular weight is 484 g/mol. The molecule has 0 unspecified atom stereocenters. The van der Waals surface area contributed by atoms with Crippen LogP contribution in [0, 0.1) is 18.8 Å². The lowest BCUT2D eigenvalue weighted by molar-refractivity contribution is -0.137. The first kappa shape index (κ1) is 24.9. The van der Waals surface area contributed by atoms with Gasteiger partial charge in [0.1, 0.15) is 11.5 Å². The fraction of sp³-hybridized carbons (Fsp3) is 0.500. The Hall–Kier alpha value is -2.75. The molecule has 1 fully saturated rings. The van der Waals surface area contributed by atoms with E-state index in [1.807, 2.05) is 4.90 Å². The van der Waals surface area contributed by atoms with Gasteiger partial charge in [0.15, 0.2) is 5.78 Å². The second-order valence-electron chi connectivity index (χ2n) is 8.47. The summed E-state index contributed by atoms with van der Waals surface area (Å²) in [5.74, 6) is -0.384. The van der Waals surface area contributed by atoms with Crippen LogP contribution in [0.5, 0.6) is 0 Å². The van der Waals surface area contributed by atoms with Crippen molar-refractivity contribution in [2.75, 3.05) is 23.3 Å². The second kappa shape index (κ2) is 10.0. The highest BCUT2D eigenvalue weighted by molar-refractivity contribution is 6.33. The summed E-state index contributed by atoms with van der Waals surface area (Å²) < 4.78 is 38.7. The van der Waals surface area contributed by atoms with E-state index in [0.29, 0.717) is 18.8 Å². The first-order valence-corrected chi connectivity index (χ1v) is 11.0. The molecule has 1 saturated heterocycles. The lowest BCUT2D eigenvalue weighted by Crippen LogP contribution is -2.37. The maximum atomic E-state index is 12.9. The van der Waals surface area contributed by atoms with Gasteiger partial charge in [0.05, 0.1) is 10.6 Å². The summed E-state index contributed by atoms with van der Waals surface area (Å²) in [6.45, 7) is 6.21. The third-order valence-electron chi connectivity index (χ3n) is 5.34. The number of aryl methyl sites for hydroxylation is 1. The lowest BCUT2D eigenvalue weighted by Gasteiger charge is -2.34. The Balaban J connectivity index is 1.70. The van der Waals surface area contributed by atoms with Gasteiger partial charge in [-0.15, -0.1) is 0 Å². The number of hydrogen-bond acceptors (Lipinski definition) is 6. The Kier molecular flexibility index (Phi) is 7.56. The Bertz CT molecular complexity index is 1050. The maximum Gasteiger partial charge on any atom is 0.417 e. The van der Waals surface area contributed by atoms with Crippen molar-refractivity contribution in [3.05, 3.63) is 40.3 Å². The minimum absolute atomic E-state index is 0.0459. The van der Waals surface area contributed by atoms with Crippen LogP contribution in [0.25, 0.3) is 0 Å². The molecule has 1 aliphatic rings. The average Bonchev–Trinajstić information content (AvgIpc) is 2.72. The van der Waals surface area contributed by atoms with Crippen LogP contribution in [0.3, 0.4) is 0 Å². The van der Waals surface area contributed by atoms with E-state index in [9.17, 15) is 22.8 Å². The maximum absolute atomic E-state index is 12.9. The number of anilines is 2. The molecule has 0 aliphatic carbocycles. The molecule has 3 rings (SSSR count). The number of nitrogens with one attached hydrogen (secondary N) is 1. The smallest absolute Gasteiger partial charge is 0.355 e. The summed E-state index contributed by atoms with van der Waals surface area (Å²) in [6.07, 6.45) is -2.03. The summed E-state index contributed by atoms with van der Waals surface area (Å²) >= 11 is 6.09. The van der Waals surface area contributed by atoms with Crippen LogP contribution in [0.15, 0.2) is 18.3 Å². The van der Waals surface area contributed by atoms with Crippen molar-refractivity contribution in [3.8, 4) is 0 Å². The van der Waals surface area contributed by atoms with Crippen molar-refractivity contribution in [2.45, 2.75) is 46.2 Å². The van der Waals surface area contributed by atoms with Gasteiger partial charge >= 0.3 is 6.18 Å². The molecule has 1 atom stereocenters. The fourth-order valence-corrected chi connectivity index (χ4v) is 3.92. The van der Waals surface area contributed by atoms with Gasteiger partial charge in [0, 0.05) is 37.3 Å². The lowest BCUT2D eigenvalue weighted by atomic mass is 9.92. The van der Waals surface area contributed by atoms with Gasteiger partial charge in [-0.05, 0) is 37.8 Å². The van der Waals surface area contributed by atoms with Crippen LogP contribution in [-0.4, -0.2) is 39.7 Å². The van der Waals surface area contributed by atoms with Crippen LogP contribution in [0.1, 0.15) is 54.9 Å². The predicted octanol–water partition coefficient (Wildman–Crippen LogP) is 4.94. The molecule has 0 spiro atoms. The van der Waals surface area contributed by atoms with Crippen molar-refractivity contribution in [1.82, 2.24) is 15.0 Å². The van der Waals surface area contributed by atoms with Gasteiger partial charge in [-0.3, -0.25) is 14.9 Å². The number of ketones is 1. The molecule has 1 aliphatic heterocycles. The van der Waals surface area contributed by atoms with Crippen LogP contribution >= 0.6 is 11.6 Å². The van der Waals surface area contributed by atoms with Gasteiger partial charge in [0.25, 0.3) is 0 Å². The van der Waals surface area contributed by atoms with E-state index in [0.717, 1.165) is 25.1 Å². The Labute approximate surface area is 194 Å². The van der Waals surface area contributed by atoms with Crippen molar-refractivity contribution < 1.29 is 22.8 Å². The minimum atomic E-state index is -4.52. The summed E-state index contributed by atoms with van der Waals surface area (Å²) in [6, 6.07) is 2.44. The van der Waals surface area contributed by atoms with E-state index >= 15 is 0 Å². The molecule has 7 nitrogen and oxygen atoms in total. The molecule has 1 N–H and O–H groups in total. The number of piperidine rings is 1. The molecular weight excluding hydrogens is 459 g/mol. The highest BCUT2D eigenvalue weighted by atomic mass is 35.5. The van der Waals surface area contributed by atoms with E-state index in [1.165, 1.54) is 0 Å². The van der Waals surface area contributed by atoms with Gasteiger partial charge in [0.2, 0.25) is 11.9 Å². The predicted molar refractivity (Wildman–Crippen MR) is 118 cm³/mol. The second-order valence-corrected chi connectivity index (χ2v) is 8.88. The normalized spacial score (nSPS) is 16.7. The highest BCUT2D eigenvalue weighted by Gasteiger charge is 2.33. The largest absolute Gasteiger partial charge is 0.417 e. The molecule has 0 radical (unpaired) electrons. The zero-order chi connectivity index (χ0) is 24.3. The topological polar surface area (TPSA) is 88.1 Å². The molecular formula is C22H25ClF3N5O2. The third kappa shape index (κ3) is 6.40. The van der Waals surface area contributed by atoms with Crippen molar-refractivity contribution >= 4 is 35.1 Å². The van der Waals surface area contributed by atoms with Crippen LogP contribution in [-0.2, 0) is 11.0 Å². The summed E-state index contributed by atoms with van der Waals surface area (Å²) in [4.78, 5) is 39.0. The van der Waals surface area contributed by atoms with Crippen molar-refractivity contribution in [3.63, 3.8) is 0 Å². The zero-order valence-corrected chi connectivity index (χ0v) is 19.3. The third-order valence-corrected chi connectivity index (χ3v) is 5.62. The number of rotatable bonds is 6. The Morgan fingerprint density at radius 1 is 1.27 bits per heavy atom. The van der Waals surface area contributed by atoms with Crippen molar-refractivity contribution in [1.29, 1.82) is 0 Å². The van der Waals surface area contributed by atoms with E-state index < -0.39 is 11.7 Å². The van der Waals surface area contributed by atoms with E-state index in [2.05, 4.69) is 20.3 Å². The molecule has 3 heterocycles. The number of hydrogen-bond donors (Lipinski definition) is 1. The van der Waals surface area contributed by atoms with Crippen LogP contribution in [0.2, 0.25) is 5.02 Å². The van der Waals surface area contributed by atoms with Gasteiger partial charge in [-0.25, -0.2) is 15.0 Å². The van der Waals surface area contributed by atoms with Crippen LogP contribution in [0.4, 0.5) is 24.9 Å². The highest BCUT2D eigenvalue weighted by Crippen LogP contribution is 2.35. The fourth-order valence-electron chi connectivity index (χ4n) is 3.63. The minimum Gasteiger partial charge on any atom is -0.355 e. The SMILES string of the molecule is Cc1cc(C(=O)C[C@@H]2CCCN(c3ncc(C(F)(F)F)cc3Cl)C2)nc(NC(=O)C(C)C)n1. The number of alkyl halides is 3. The van der Waals surface area contributed by atoms with Gasteiger partial charge in [-0.1, -0.05) is 25.4 Å². The molecule has 0 saturated carbocycles. The summed E-state index contributed by atoms with van der Waals surface area (Å²) in [7, 11) is 0. The standard InChI is InChI=1S/C22H25ClF3N5O2/c1-12(2)20(33)30-21-28-13(3)7-17(29-21)18(32)8-14-5-4-6-31(11-14)19-16(23)9-15(10-27-19)22(24,25)26/h7,9-10,12,14H,4-6,8,11H2,1-3H3,(H,28,29,30,33)/t14-/m0/s1. The first-order chi connectivity index (χ1) is 15.4. The van der Waals surface area contributed by atoms with Crippen LogP contribution < -0.4 is 10.2 Å².